The third kappa shape index (κ3) is 2.92. The summed E-state index contributed by atoms with van der Waals surface area (Å²) < 4.78 is 5.08. The van der Waals surface area contributed by atoms with Crippen LogP contribution in [0, 0.1) is 0 Å². The summed E-state index contributed by atoms with van der Waals surface area (Å²) in [4.78, 5) is 6.35. The average molecular weight is 249 g/mol. The molecule has 5 nitrogen and oxygen atoms in total. The Labute approximate surface area is 107 Å². The molecule has 1 unspecified atom stereocenters. The number of ether oxygens (including phenoxy) is 1. The van der Waals surface area contributed by atoms with E-state index in [1.807, 2.05) is 36.2 Å². The van der Waals surface area contributed by atoms with Crippen LogP contribution in [0.4, 0.5) is 0 Å². The molecule has 0 amide bonds. The van der Waals surface area contributed by atoms with Gasteiger partial charge in [0.05, 0.1) is 19.8 Å². The van der Waals surface area contributed by atoms with E-state index in [1.165, 1.54) is 0 Å². The highest BCUT2D eigenvalue weighted by Gasteiger charge is 2.14. The third-order valence-electron chi connectivity index (χ3n) is 3.01. The van der Waals surface area contributed by atoms with Gasteiger partial charge in [-0.1, -0.05) is 12.1 Å². The van der Waals surface area contributed by atoms with E-state index in [4.69, 9.17) is 4.74 Å². The predicted octanol–water partition coefficient (Wildman–Crippen LogP) is 0.620. The van der Waals surface area contributed by atoms with Gasteiger partial charge in [0, 0.05) is 20.1 Å². The van der Waals surface area contributed by atoms with Gasteiger partial charge in [0.2, 0.25) is 0 Å². The van der Waals surface area contributed by atoms with Gasteiger partial charge in [-0.25, -0.2) is 0 Å². The molecule has 0 aliphatic carbocycles. The first kappa shape index (κ1) is 12.7. The summed E-state index contributed by atoms with van der Waals surface area (Å²) in [6.45, 7) is 2.20. The van der Waals surface area contributed by atoms with Crippen LogP contribution in [0.15, 0.2) is 29.3 Å². The van der Waals surface area contributed by atoms with E-state index in [0.717, 1.165) is 30.4 Å². The molecule has 2 rings (SSSR count). The van der Waals surface area contributed by atoms with E-state index >= 15 is 0 Å². The Kier molecular flexibility index (Phi) is 4.04. The molecule has 1 aromatic rings. The summed E-state index contributed by atoms with van der Waals surface area (Å²) in [5, 5.41) is 13.2. The maximum absolute atomic E-state index is 10.1. The molecule has 0 radical (unpaired) electrons. The first-order chi connectivity index (χ1) is 8.70. The minimum absolute atomic E-state index is 0.454. The van der Waals surface area contributed by atoms with Crippen molar-refractivity contribution in [2.45, 2.75) is 6.10 Å². The van der Waals surface area contributed by atoms with Crippen LogP contribution >= 0.6 is 0 Å². The van der Waals surface area contributed by atoms with Crippen molar-refractivity contribution in [3.63, 3.8) is 0 Å². The van der Waals surface area contributed by atoms with Crippen LogP contribution in [0.5, 0.6) is 5.75 Å². The lowest BCUT2D eigenvalue weighted by molar-refractivity contribution is 0.180. The fraction of sp³-hybridized carbons (Fsp3) is 0.462. The molecule has 2 N–H and O–H groups in total. The molecule has 0 bridgehead atoms. The maximum atomic E-state index is 10.1. The molecule has 0 fully saturated rings. The maximum Gasteiger partial charge on any atom is 0.193 e. The van der Waals surface area contributed by atoms with Crippen LogP contribution in [0.2, 0.25) is 0 Å². The molecule has 1 atom stereocenters. The number of methoxy groups -OCH3 is 1. The van der Waals surface area contributed by atoms with Crippen LogP contribution in [0.25, 0.3) is 0 Å². The van der Waals surface area contributed by atoms with E-state index < -0.39 is 6.10 Å². The Hall–Kier alpha value is -1.75. The molecule has 1 aliphatic rings. The van der Waals surface area contributed by atoms with Gasteiger partial charge in [0.25, 0.3) is 0 Å². The molecule has 98 valence electrons. The molecule has 5 heteroatoms. The number of benzene rings is 1. The average Bonchev–Trinajstić information content (AvgIpc) is 2.81. The van der Waals surface area contributed by atoms with Crippen molar-refractivity contribution in [1.29, 1.82) is 0 Å². The van der Waals surface area contributed by atoms with E-state index in [2.05, 4.69) is 10.3 Å². The van der Waals surface area contributed by atoms with Crippen molar-refractivity contribution in [3.05, 3.63) is 29.8 Å². The van der Waals surface area contributed by atoms with E-state index in [-0.39, 0.29) is 0 Å². The van der Waals surface area contributed by atoms with Crippen LogP contribution in [-0.2, 0) is 0 Å². The SMILES string of the molecule is COc1ccc(C(O)CNC2=NCCN2C)cc1. The standard InChI is InChI=1S/C13H19N3O2/c1-16-8-7-14-13(16)15-9-12(17)10-3-5-11(18-2)6-4-10/h3-6,12,17H,7-9H2,1-2H3,(H,14,15). The number of likely N-dealkylation sites (N-methyl/N-ethyl adjacent to an activating group) is 1. The van der Waals surface area contributed by atoms with Gasteiger partial charge in [0.15, 0.2) is 5.96 Å². The quantitative estimate of drug-likeness (QED) is 0.821. The molecule has 0 aromatic heterocycles. The van der Waals surface area contributed by atoms with Crippen molar-refractivity contribution < 1.29 is 9.84 Å². The Morgan fingerprint density at radius 2 is 2.17 bits per heavy atom. The van der Waals surface area contributed by atoms with Gasteiger partial charge < -0.3 is 20.1 Å². The minimum Gasteiger partial charge on any atom is -0.497 e. The first-order valence-corrected chi connectivity index (χ1v) is 6.02. The number of rotatable bonds is 4. The van der Waals surface area contributed by atoms with Gasteiger partial charge in [-0.3, -0.25) is 4.99 Å². The van der Waals surface area contributed by atoms with Crippen LogP contribution in [0.1, 0.15) is 11.7 Å². The monoisotopic (exact) mass is 249 g/mol. The highest BCUT2D eigenvalue weighted by Crippen LogP contribution is 2.17. The summed E-state index contributed by atoms with van der Waals surface area (Å²) in [6.07, 6.45) is -0.549. The molecule has 1 aromatic carbocycles. The predicted molar refractivity (Wildman–Crippen MR) is 70.9 cm³/mol. The second kappa shape index (κ2) is 5.73. The molecule has 18 heavy (non-hydrogen) atoms. The van der Waals surface area contributed by atoms with Gasteiger partial charge in [-0.05, 0) is 17.7 Å². The van der Waals surface area contributed by atoms with E-state index in [9.17, 15) is 5.11 Å². The number of nitrogens with one attached hydrogen (secondary N) is 1. The summed E-state index contributed by atoms with van der Waals surface area (Å²) in [5.41, 5.74) is 0.865. The summed E-state index contributed by atoms with van der Waals surface area (Å²) in [6, 6.07) is 7.42. The lowest BCUT2D eigenvalue weighted by atomic mass is 10.1. The summed E-state index contributed by atoms with van der Waals surface area (Å²) in [5.74, 6) is 1.64. The minimum atomic E-state index is -0.549. The van der Waals surface area contributed by atoms with Crippen molar-refractivity contribution in [2.24, 2.45) is 4.99 Å². The van der Waals surface area contributed by atoms with E-state index in [1.54, 1.807) is 7.11 Å². The Balaban J connectivity index is 1.88. The molecule has 1 heterocycles. The van der Waals surface area contributed by atoms with Crippen molar-refractivity contribution >= 4 is 5.96 Å². The number of hydrogen-bond donors (Lipinski definition) is 2. The van der Waals surface area contributed by atoms with E-state index in [0.29, 0.717) is 6.54 Å². The number of hydrogen-bond acceptors (Lipinski definition) is 5. The Morgan fingerprint density at radius 1 is 1.44 bits per heavy atom. The summed E-state index contributed by atoms with van der Waals surface area (Å²) in [7, 11) is 3.61. The van der Waals surface area contributed by atoms with Crippen LogP contribution in [-0.4, -0.2) is 49.8 Å². The molecule has 0 spiro atoms. The Morgan fingerprint density at radius 3 is 2.72 bits per heavy atom. The van der Waals surface area contributed by atoms with Gasteiger partial charge >= 0.3 is 0 Å². The lowest BCUT2D eigenvalue weighted by Crippen LogP contribution is -2.37. The van der Waals surface area contributed by atoms with Gasteiger partial charge in [-0.2, -0.15) is 0 Å². The lowest BCUT2D eigenvalue weighted by Gasteiger charge is -2.18. The zero-order chi connectivity index (χ0) is 13.0. The molecular weight excluding hydrogens is 230 g/mol. The van der Waals surface area contributed by atoms with Gasteiger partial charge in [-0.15, -0.1) is 0 Å². The number of aliphatic hydroxyl groups is 1. The van der Waals surface area contributed by atoms with Crippen molar-refractivity contribution in [3.8, 4) is 5.75 Å². The van der Waals surface area contributed by atoms with Crippen molar-refractivity contribution in [1.82, 2.24) is 10.2 Å². The molecule has 1 aliphatic heterocycles. The highest BCUT2D eigenvalue weighted by atomic mass is 16.5. The fourth-order valence-electron chi connectivity index (χ4n) is 1.86. The number of guanidine groups is 1. The highest BCUT2D eigenvalue weighted by molar-refractivity contribution is 5.81. The first-order valence-electron chi connectivity index (χ1n) is 6.02. The topological polar surface area (TPSA) is 57.1 Å². The van der Waals surface area contributed by atoms with Crippen LogP contribution in [0.3, 0.4) is 0 Å². The number of aliphatic imine (C=N–C) groups is 1. The molecular formula is C13H19N3O2. The normalized spacial score (nSPS) is 16.4. The second-order valence-electron chi connectivity index (χ2n) is 4.30. The zero-order valence-corrected chi connectivity index (χ0v) is 10.8. The van der Waals surface area contributed by atoms with Crippen molar-refractivity contribution in [2.75, 3.05) is 33.8 Å². The largest absolute Gasteiger partial charge is 0.497 e. The molecule has 0 saturated carbocycles. The molecule has 0 saturated heterocycles. The summed E-state index contributed by atoms with van der Waals surface area (Å²) >= 11 is 0. The zero-order valence-electron chi connectivity index (χ0n) is 10.8. The third-order valence-corrected chi connectivity index (χ3v) is 3.01. The van der Waals surface area contributed by atoms with Gasteiger partial charge in [0.1, 0.15) is 5.75 Å². The number of nitrogens with zero attached hydrogens (tertiary/aromatic N) is 2. The second-order valence-corrected chi connectivity index (χ2v) is 4.30. The fourth-order valence-corrected chi connectivity index (χ4v) is 1.86. The number of aliphatic hydroxyl groups excluding tert-OH is 1. The smallest absolute Gasteiger partial charge is 0.193 e. The Bertz CT molecular complexity index is 417. The van der Waals surface area contributed by atoms with Crippen LogP contribution < -0.4 is 10.1 Å².